The summed E-state index contributed by atoms with van der Waals surface area (Å²) in [5.41, 5.74) is 3.95. The maximum Gasteiger partial charge on any atom is 0.264 e. The second-order valence-electron chi connectivity index (χ2n) is 13.1. The van der Waals surface area contributed by atoms with E-state index in [9.17, 15) is 28.8 Å². The minimum absolute atomic E-state index is 0.00582. The number of piperidine rings is 1. The summed E-state index contributed by atoms with van der Waals surface area (Å²) in [7, 11) is 0. The molecule has 0 radical (unpaired) electrons. The van der Waals surface area contributed by atoms with E-state index >= 15 is 0 Å². The zero-order chi connectivity index (χ0) is 37.6. The quantitative estimate of drug-likeness (QED) is 0.156. The summed E-state index contributed by atoms with van der Waals surface area (Å²) in [4.78, 5) is 83.8. The highest BCUT2D eigenvalue weighted by atomic mass is 35.5. The predicted molar refractivity (Wildman–Crippen MR) is 197 cm³/mol. The van der Waals surface area contributed by atoms with Crippen LogP contribution in [0.3, 0.4) is 0 Å². The first-order chi connectivity index (χ1) is 25.4. The van der Waals surface area contributed by atoms with Crippen LogP contribution < -0.4 is 16.0 Å². The van der Waals surface area contributed by atoms with Crippen LogP contribution in [0.15, 0.2) is 47.5 Å². The van der Waals surface area contributed by atoms with E-state index in [4.69, 9.17) is 16.6 Å². The van der Waals surface area contributed by atoms with Gasteiger partial charge in [-0.1, -0.05) is 29.8 Å². The Labute approximate surface area is 313 Å². The average Bonchev–Trinajstić information content (AvgIpc) is 3.70. The molecule has 272 valence electrons. The van der Waals surface area contributed by atoms with E-state index in [2.05, 4.69) is 40.0 Å². The molecule has 0 aliphatic carbocycles. The van der Waals surface area contributed by atoms with Crippen molar-refractivity contribution in [2.24, 2.45) is 4.99 Å². The van der Waals surface area contributed by atoms with Crippen LogP contribution in [-0.2, 0) is 19.2 Å². The predicted octanol–water partition coefficient (Wildman–Crippen LogP) is 4.52. The summed E-state index contributed by atoms with van der Waals surface area (Å²) < 4.78 is 1.99. The van der Waals surface area contributed by atoms with Crippen molar-refractivity contribution in [2.75, 3.05) is 11.9 Å². The second-order valence-corrected chi connectivity index (χ2v) is 14.8. The summed E-state index contributed by atoms with van der Waals surface area (Å²) in [6.45, 7) is 6.33. The first-order valence-electron chi connectivity index (χ1n) is 17.2. The fourth-order valence-electron chi connectivity index (χ4n) is 6.85. The zero-order valence-corrected chi connectivity index (χ0v) is 30.7. The van der Waals surface area contributed by atoms with Crippen LogP contribution in [0.1, 0.15) is 98.5 Å². The van der Waals surface area contributed by atoms with Crippen molar-refractivity contribution >= 4 is 69.8 Å². The van der Waals surface area contributed by atoms with Crippen LogP contribution in [0.5, 0.6) is 0 Å². The monoisotopic (exact) mass is 754 g/mol. The maximum atomic E-state index is 13.3. The number of halogens is 1. The number of aliphatic imine (C=N–C) groups is 1. The number of aromatic nitrogens is 3. The Morgan fingerprint density at radius 3 is 2.49 bits per heavy atom. The molecule has 2 aromatic carbocycles. The molecule has 5 heterocycles. The summed E-state index contributed by atoms with van der Waals surface area (Å²) in [6.07, 6.45) is 1.10. The van der Waals surface area contributed by atoms with Crippen LogP contribution >= 0.6 is 22.9 Å². The molecular weight excluding hydrogens is 720 g/mol. The molecule has 7 rings (SSSR count). The fourth-order valence-corrected chi connectivity index (χ4v) is 8.19. The number of hydrogen-bond acceptors (Lipinski definition) is 10. The number of amides is 6. The molecule has 1 unspecified atom stereocenters. The number of aryl methyl sites for hydroxylation is 2. The number of carbonyl (C=O) groups excluding carboxylic acids is 6. The standard InChI is InChI=1S/C37H35ClN8O6S/c1-18-19(2)53-37-30(18)32(21-10-12-22(38)13-11-21)41-25(33-44-43-20(3)45(33)37)17-29(49)39-16-5-4-9-27(47)40-24-8-6-7-23-31(24)36(52)46(35(23)51)26-14-15-28(48)42-34(26)50/h6-8,10-13,25-26H,4-5,9,14-17H2,1-3H3,(H,39,49)(H,40,47)(H,42,48,50)/t25-,26?/m0/s1. The SMILES string of the molecule is Cc1sc2c(c1C)C(c1ccc(Cl)cc1)=N[C@@H](CC(=O)NCCCCC(=O)Nc1cccc3c1C(=O)N(C1CCC(=O)NC1=O)C3=O)c1nnc(C)n1-2. The van der Waals surface area contributed by atoms with Crippen molar-refractivity contribution in [3.8, 4) is 5.00 Å². The minimum Gasteiger partial charge on any atom is -0.356 e. The largest absolute Gasteiger partial charge is 0.356 e. The van der Waals surface area contributed by atoms with E-state index in [0.717, 1.165) is 37.2 Å². The summed E-state index contributed by atoms with van der Waals surface area (Å²) in [6, 6.07) is 10.3. The smallest absolute Gasteiger partial charge is 0.264 e. The van der Waals surface area contributed by atoms with Gasteiger partial charge >= 0.3 is 0 Å². The van der Waals surface area contributed by atoms with Gasteiger partial charge in [0.25, 0.3) is 11.8 Å². The Kier molecular flexibility index (Phi) is 9.79. The molecule has 2 atom stereocenters. The van der Waals surface area contributed by atoms with Crippen molar-refractivity contribution in [3.63, 3.8) is 0 Å². The number of nitrogens with one attached hydrogen (secondary N) is 3. The number of hydrogen-bond donors (Lipinski definition) is 3. The van der Waals surface area contributed by atoms with Crippen LogP contribution in [0, 0.1) is 20.8 Å². The first kappa shape index (κ1) is 35.8. The summed E-state index contributed by atoms with van der Waals surface area (Å²) in [5, 5.41) is 18.2. The van der Waals surface area contributed by atoms with Gasteiger partial charge in [0, 0.05) is 40.4 Å². The number of unbranched alkanes of at least 4 members (excludes halogenated alkanes) is 1. The van der Waals surface area contributed by atoms with E-state index in [1.807, 2.05) is 35.8 Å². The fraction of sp³-hybridized carbons (Fsp3) is 0.324. The third kappa shape index (κ3) is 6.77. The number of anilines is 1. The summed E-state index contributed by atoms with van der Waals surface area (Å²) >= 11 is 7.84. The van der Waals surface area contributed by atoms with Gasteiger partial charge in [-0.2, -0.15) is 0 Å². The highest BCUT2D eigenvalue weighted by molar-refractivity contribution is 7.15. The molecule has 0 saturated carbocycles. The average molecular weight is 755 g/mol. The van der Waals surface area contributed by atoms with Crippen molar-refractivity contribution in [2.45, 2.75) is 71.4 Å². The normalized spacial score (nSPS) is 17.8. The Bertz CT molecular complexity index is 2240. The molecule has 0 spiro atoms. The lowest BCUT2D eigenvalue weighted by molar-refractivity contribution is -0.136. The third-order valence-electron chi connectivity index (χ3n) is 9.63. The molecule has 0 bridgehead atoms. The maximum absolute atomic E-state index is 13.3. The molecule has 16 heteroatoms. The molecule has 3 aliphatic heterocycles. The van der Waals surface area contributed by atoms with Crippen molar-refractivity contribution < 1.29 is 28.8 Å². The van der Waals surface area contributed by atoms with Crippen molar-refractivity contribution in [1.82, 2.24) is 30.3 Å². The van der Waals surface area contributed by atoms with Crippen LogP contribution in [-0.4, -0.2) is 73.4 Å². The van der Waals surface area contributed by atoms with Gasteiger partial charge in [0.2, 0.25) is 23.6 Å². The van der Waals surface area contributed by atoms with Gasteiger partial charge in [-0.25, -0.2) is 0 Å². The van der Waals surface area contributed by atoms with E-state index in [1.54, 1.807) is 17.4 Å². The number of rotatable bonds is 10. The second kappa shape index (κ2) is 14.5. The lowest BCUT2D eigenvalue weighted by atomic mass is 9.99. The van der Waals surface area contributed by atoms with Gasteiger partial charge in [-0.15, -0.1) is 21.5 Å². The van der Waals surface area contributed by atoms with Crippen molar-refractivity contribution in [3.05, 3.63) is 91.8 Å². The van der Waals surface area contributed by atoms with E-state index in [-0.39, 0.29) is 54.3 Å². The van der Waals surface area contributed by atoms with Gasteiger partial charge in [-0.3, -0.25) is 48.5 Å². The van der Waals surface area contributed by atoms with Gasteiger partial charge in [0.05, 0.1) is 28.9 Å². The molecule has 1 saturated heterocycles. The highest BCUT2D eigenvalue weighted by Gasteiger charge is 2.45. The number of carbonyl (C=O) groups is 6. The zero-order valence-electron chi connectivity index (χ0n) is 29.1. The Morgan fingerprint density at radius 1 is 0.962 bits per heavy atom. The van der Waals surface area contributed by atoms with Crippen LogP contribution in [0.2, 0.25) is 5.02 Å². The molecule has 14 nitrogen and oxygen atoms in total. The molecule has 6 amide bonds. The molecule has 2 aromatic heterocycles. The summed E-state index contributed by atoms with van der Waals surface area (Å²) in [5.74, 6) is -1.86. The highest BCUT2D eigenvalue weighted by Crippen LogP contribution is 2.40. The van der Waals surface area contributed by atoms with E-state index in [1.165, 1.54) is 12.1 Å². The number of fused-ring (bicyclic) bond motifs is 4. The van der Waals surface area contributed by atoms with Gasteiger partial charge in [0.15, 0.2) is 5.82 Å². The number of nitrogens with zero attached hydrogens (tertiary/aromatic N) is 5. The van der Waals surface area contributed by atoms with E-state index < -0.39 is 35.7 Å². The molecule has 4 aromatic rings. The van der Waals surface area contributed by atoms with Gasteiger partial charge in [0.1, 0.15) is 22.9 Å². The lowest BCUT2D eigenvalue weighted by Gasteiger charge is -2.27. The Balaban J connectivity index is 0.967. The minimum atomic E-state index is -1.11. The molecule has 1 fully saturated rings. The molecule has 3 aliphatic rings. The Morgan fingerprint density at radius 2 is 1.74 bits per heavy atom. The van der Waals surface area contributed by atoms with E-state index in [0.29, 0.717) is 36.1 Å². The van der Waals surface area contributed by atoms with Crippen LogP contribution in [0.4, 0.5) is 5.69 Å². The molecular formula is C37H35ClN8O6S. The molecule has 53 heavy (non-hydrogen) atoms. The molecule has 3 N–H and O–H groups in total. The van der Waals surface area contributed by atoms with Crippen LogP contribution in [0.25, 0.3) is 5.00 Å². The lowest BCUT2D eigenvalue weighted by Crippen LogP contribution is -2.54. The number of imide groups is 2. The van der Waals surface area contributed by atoms with Gasteiger partial charge in [-0.05, 0) is 69.9 Å². The van der Waals surface area contributed by atoms with Gasteiger partial charge < -0.3 is 10.6 Å². The Hall–Kier alpha value is -5.54. The number of benzene rings is 2. The van der Waals surface area contributed by atoms with Crippen molar-refractivity contribution in [1.29, 1.82) is 0 Å². The number of thiophene rings is 1. The first-order valence-corrected chi connectivity index (χ1v) is 18.4. The topological polar surface area (TPSA) is 185 Å². The third-order valence-corrected chi connectivity index (χ3v) is 11.1.